The molecule has 0 bridgehead atoms. The van der Waals surface area contributed by atoms with E-state index in [2.05, 4.69) is 0 Å². The van der Waals surface area contributed by atoms with Gasteiger partial charge in [0.05, 0.1) is 11.0 Å². The Balaban J connectivity index is 1.80. The zero-order chi connectivity index (χ0) is 21.0. The van der Waals surface area contributed by atoms with Gasteiger partial charge in [-0.1, -0.05) is 18.2 Å². The Labute approximate surface area is 170 Å². The number of amidine groups is 1. The van der Waals surface area contributed by atoms with Crippen LogP contribution < -0.4 is 0 Å². The van der Waals surface area contributed by atoms with Gasteiger partial charge in [0.2, 0.25) is 0 Å². The molecule has 3 aromatic rings. The number of hydroxylamine groups is 2. The fourth-order valence-corrected chi connectivity index (χ4v) is 3.81. The number of fused-ring (bicyclic) bond motifs is 1. The van der Waals surface area contributed by atoms with Crippen LogP contribution in [0.4, 0.5) is 5.69 Å². The smallest absolute Gasteiger partial charge is 0.317 e. The predicted molar refractivity (Wildman–Crippen MR) is 109 cm³/mol. The summed E-state index contributed by atoms with van der Waals surface area (Å²) in [6.07, 6.45) is 0. The highest BCUT2D eigenvalue weighted by Crippen LogP contribution is 2.33. The summed E-state index contributed by atoms with van der Waals surface area (Å²) in [7, 11) is 0. The zero-order valence-electron chi connectivity index (χ0n) is 15.8. The van der Waals surface area contributed by atoms with Gasteiger partial charge >= 0.3 is 12.0 Å². The van der Waals surface area contributed by atoms with E-state index < -0.39 is 23.0 Å². The Hall–Kier alpha value is -3.30. The number of benzene rings is 2. The molecule has 0 radical (unpaired) electrons. The number of non-ortho nitro benzene ring substituents is 1. The lowest BCUT2D eigenvalue weighted by Crippen LogP contribution is -2.35. The number of nitrogens with one attached hydrogen (secondary N) is 1. The van der Waals surface area contributed by atoms with Crippen molar-refractivity contribution in [3.05, 3.63) is 75.2 Å². The number of ether oxygens (including phenoxy) is 1. The van der Waals surface area contributed by atoms with Crippen LogP contribution in [-0.2, 0) is 21.0 Å². The van der Waals surface area contributed by atoms with E-state index >= 15 is 0 Å². The van der Waals surface area contributed by atoms with Gasteiger partial charge in [0, 0.05) is 28.6 Å². The number of hydrogen-bond donors (Lipinski definition) is 1. The minimum absolute atomic E-state index is 0.0168. The highest BCUT2D eigenvalue weighted by Gasteiger charge is 2.24. The van der Waals surface area contributed by atoms with Crippen LogP contribution >= 0.6 is 11.3 Å². The fraction of sp³-hybridized carbons (Fsp3) is 0.200. The molecule has 0 aliphatic heterocycles. The topological polar surface area (TPSA) is 106 Å². The average Bonchev–Trinajstić information content (AvgIpc) is 3.12. The third kappa shape index (κ3) is 4.95. The van der Waals surface area contributed by atoms with Crippen LogP contribution in [0.3, 0.4) is 0 Å². The van der Waals surface area contributed by atoms with Crippen LogP contribution in [0, 0.1) is 15.5 Å². The molecule has 0 saturated heterocycles. The molecule has 0 spiro atoms. The molecule has 29 heavy (non-hydrogen) atoms. The van der Waals surface area contributed by atoms with E-state index in [-0.39, 0.29) is 12.3 Å². The van der Waals surface area contributed by atoms with Crippen molar-refractivity contribution >= 4 is 39.1 Å². The number of carbonyl (C=O) groups excluding carboxylic acids is 1. The summed E-state index contributed by atoms with van der Waals surface area (Å²) in [5.41, 5.74) is 0.664. The normalized spacial score (nSPS) is 11.8. The Morgan fingerprint density at radius 3 is 2.55 bits per heavy atom. The highest BCUT2D eigenvalue weighted by atomic mass is 32.1. The number of thiophene rings is 1. The van der Waals surface area contributed by atoms with Crippen molar-refractivity contribution in [3.63, 3.8) is 0 Å². The van der Waals surface area contributed by atoms with Gasteiger partial charge in [0.15, 0.2) is 0 Å². The van der Waals surface area contributed by atoms with Crippen LogP contribution in [0.1, 0.15) is 30.3 Å². The molecule has 2 aromatic carbocycles. The maximum absolute atomic E-state index is 11.3. The first kappa shape index (κ1) is 20.4. The minimum atomic E-state index is -0.623. The monoisotopic (exact) mass is 413 g/mol. The Bertz CT molecular complexity index is 1010. The molecule has 9 heteroatoms. The molecular formula is C20H19N3O5S. The Morgan fingerprint density at radius 2 is 1.93 bits per heavy atom. The maximum atomic E-state index is 11.3. The van der Waals surface area contributed by atoms with Crippen molar-refractivity contribution in [2.45, 2.75) is 26.5 Å². The van der Waals surface area contributed by atoms with Gasteiger partial charge in [-0.05, 0) is 42.1 Å². The Kier molecular flexibility index (Phi) is 6.20. The number of esters is 1. The molecule has 3 rings (SSSR count). The lowest BCUT2D eigenvalue weighted by atomic mass is 10.2. The summed E-state index contributed by atoms with van der Waals surface area (Å²) >= 11 is 1.56. The number of hydrogen-bond acceptors (Lipinski definition) is 7. The number of carbonyl (C=O) groups is 1. The number of rotatable bonds is 6. The molecular weight excluding hydrogens is 394 g/mol. The molecule has 0 aliphatic carbocycles. The van der Waals surface area contributed by atoms with E-state index in [0.717, 1.165) is 15.0 Å². The second kappa shape index (κ2) is 8.80. The molecule has 1 atom stereocenters. The van der Waals surface area contributed by atoms with Gasteiger partial charge in [-0.25, -0.2) is 5.41 Å². The molecule has 0 saturated carbocycles. The zero-order valence-corrected chi connectivity index (χ0v) is 16.6. The van der Waals surface area contributed by atoms with Crippen LogP contribution in [0.25, 0.3) is 10.1 Å². The van der Waals surface area contributed by atoms with Crippen molar-refractivity contribution in [2.75, 3.05) is 0 Å². The average molecular weight is 413 g/mol. The third-order valence-electron chi connectivity index (χ3n) is 4.17. The molecule has 0 aliphatic rings. The van der Waals surface area contributed by atoms with E-state index in [1.54, 1.807) is 23.5 Å². The molecule has 8 nitrogen and oxygen atoms in total. The second-order valence-electron chi connectivity index (χ2n) is 6.28. The minimum Gasteiger partial charge on any atom is -0.391 e. The lowest BCUT2D eigenvalue weighted by molar-refractivity contribution is -0.384. The first-order valence-corrected chi connectivity index (χ1v) is 9.57. The maximum Gasteiger partial charge on any atom is 0.317 e. The van der Waals surface area contributed by atoms with Gasteiger partial charge in [-0.3, -0.25) is 19.7 Å². The quantitative estimate of drug-likeness (QED) is 0.204. The van der Waals surface area contributed by atoms with Crippen molar-refractivity contribution < 1.29 is 19.3 Å². The molecule has 0 amide bonds. The summed E-state index contributed by atoms with van der Waals surface area (Å²) in [6.45, 7) is 3.11. The summed E-state index contributed by atoms with van der Waals surface area (Å²) < 4.78 is 6.03. The molecule has 1 unspecified atom stereocenters. The van der Waals surface area contributed by atoms with Gasteiger partial charge in [0.25, 0.3) is 5.69 Å². The van der Waals surface area contributed by atoms with E-state index in [1.807, 2.05) is 37.3 Å². The highest BCUT2D eigenvalue weighted by molar-refractivity contribution is 7.19. The molecule has 1 aromatic heterocycles. The van der Waals surface area contributed by atoms with Crippen LogP contribution in [0.5, 0.6) is 0 Å². The molecule has 0 fully saturated rings. The van der Waals surface area contributed by atoms with Crippen molar-refractivity contribution in [3.8, 4) is 0 Å². The largest absolute Gasteiger partial charge is 0.391 e. The van der Waals surface area contributed by atoms with E-state index in [4.69, 9.17) is 15.0 Å². The summed E-state index contributed by atoms with van der Waals surface area (Å²) in [5, 5.41) is 21.2. The van der Waals surface area contributed by atoms with Crippen LogP contribution in [0.2, 0.25) is 0 Å². The Morgan fingerprint density at radius 1 is 1.24 bits per heavy atom. The van der Waals surface area contributed by atoms with Crippen molar-refractivity contribution in [2.24, 2.45) is 0 Å². The van der Waals surface area contributed by atoms with Crippen LogP contribution in [-0.4, -0.2) is 22.0 Å². The van der Waals surface area contributed by atoms with Gasteiger partial charge in [0.1, 0.15) is 6.61 Å². The van der Waals surface area contributed by atoms with Crippen molar-refractivity contribution in [1.29, 1.82) is 5.41 Å². The summed E-state index contributed by atoms with van der Waals surface area (Å²) in [5.74, 6) is -0.623. The third-order valence-corrected chi connectivity index (χ3v) is 5.45. The standard InChI is InChI=1S/C20H19N3O5S/c1-13(19-11-16-5-3-4-6-18(16)29-19)22(20(21)28-14(2)24)27-12-15-7-9-17(10-8-15)23(25)26/h3-11,13,21H,12H2,1-2H3. The lowest BCUT2D eigenvalue weighted by Gasteiger charge is -2.28. The molecule has 150 valence electrons. The first-order valence-electron chi connectivity index (χ1n) is 8.76. The van der Waals surface area contributed by atoms with Crippen LogP contribution in [0.15, 0.2) is 54.6 Å². The van der Waals surface area contributed by atoms with E-state index in [0.29, 0.717) is 5.56 Å². The van der Waals surface area contributed by atoms with Crippen molar-refractivity contribution in [1.82, 2.24) is 5.06 Å². The SMILES string of the molecule is CC(=O)OC(=N)N(OCc1ccc([N+](=O)[O-])cc1)C(C)c1cc2ccccc2s1. The second-order valence-corrected chi connectivity index (χ2v) is 7.40. The van der Waals surface area contributed by atoms with Gasteiger partial charge in [-0.15, -0.1) is 11.3 Å². The molecule has 1 heterocycles. The van der Waals surface area contributed by atoms with E-state index in [9.17, 15) is 14.9 Å². The first-order chi connectivity index (χ1) is 13.8. The number of nitro benzene ring substituents is 1. The predicted octanol–water partition coefficient (Wildman–Crippen LogP) is 4.80. The van der Waals surface area contributed by atoms with Gasteiger partial charge in [-0.2, -0.15) is 5.06 Å². The van der Waals surface area contributed by atoms with E-state index in [1.165, 1.54) is 24.1 Å². The number of nitro groups is 1. The summed E-state index contributed by atoms with van der Waals surface area (Å²) in [6, 6.07) is 15.0. The van der Waals surface area contributed by atoms with Gasteiger partial charge < -0.3 is 4.74 Å². The fourth-order valence-electron chi connectivity index (χ4n) is 2.71. The number of nitrogens with zero attached hydrogens (tertiary/aromatic N) is 2. The molecule has 1 N–H and O–H groups in total. The summed E-state index contributed by atoms with van der Waals surface area (Å²) in [4.78, 5) is 28.3.